The zero-order valence-electron chi connectivity index (χ0n) is 11.2. The summed E-state index contributed by atoms with van der Waals surface area (Å²) in [6.45, 7) is 0. The smallest absolute Gasteiger partial charge is 0.417 e. The van der Waals surface area contributed by atoms with Crippen molar-refractivity contribution in [1.82, 2.24) is 0 Å². The topological polar surface area (TPSA) is 26.3 Å². The third-order valence-corrected chi connectivity index (χ3v) is 3.66. The van der Waals surface area contributed by atoms with E-state index in [1.165, 1.54) is 30.3 Å². The van der Waals surface area contributed by atoms with Gasteiger partial charge in [-0.3, -0.25) is 4.79 Å². The third kappa shape index (κ3) is 4.53. The summed E-state index contributed by atoms with van der Waals surface area (Å²) in [5.41, 5.74) is -0.702. The van der Waals surface area contributed by atoms with Crippen LogP contribution in [-0.2, 0) is 11.0 Å². The van der Waals surface area contributed by atoms with Gasteiger partial charge in [-0.15, -0.1) is 0 Å². The predicted molar refractivity (Wildman–Crippen MR) is 82.1 cm³/mol. The van der Waals surface area contributed by atoms with Crippen LogP contribution < -0.4 is 4.74 Å². The van der Waals surface area contributed by atoms with E-state index in [1.807, 2.05) is 0 Å². The lowest BCUT2D eigenvalue weighted by atomic mass is 10.1. The van der Waals surface area contributed by atoms with Crippen LogP contribution in [0.5, 0.6) is 5.75 Å². The van der Waals surface area contributed by atoms with Crippen molar-refractivity contribution >= 4 is 40.0 Å². The van der Waals surface area contributed by atoms with Gasteiger partial charge in [-0.2, -0.15) is 13.2 Å². The number of rotatable bonds is 4. The zero-order chi connectivity index (χ0) is 17.2. The van der Waals surface area contributed by atoms with Crippen molar-refractivity contribution < 1.29 is 22.7 Å². The van der Waals surface area contributed by atoms with Gasteiger partial charge in [-0.25, -0.2) is 0 Å². The number of benzene rings is 2. The minimum absolute atomic E-state index is 0.185. The maximum Gasteiger partial charge on any atom is 0.417 e. The minimum Gasteiger partial charge on any atom is -0.476 e. The van der Waals surface area contributed by atoms with Crippen molar-refractivity contribution in [3.8, 4) is 5.75 Å². The quantitative estimate of drug-likeness (QED) is 0.615. The van der Waals surface area contributed by atoms with E-state index in [9.17, 15) is 18.0 Å². The Labute approximate surface area is 144 Å². The molecule has 0 heterocycles. The first-order valence-corrected chi connectivity index (χ1v) is 7.30. The molecule has 1 unspecified atom stereocenters. The Bertz CT molecular complexity index is 715. The molecule has 2 aromatic carbocycles. The standard InChI is InChI=1S/C15H8Cl3F3O2/c16-9-3-1-8(2-4-9)13(14(18)22)23-10-5-6-12(17)11(7-10)15(19,20)21/h1-7,13H. The molecule has 0 aromatic heterocycles. The van der Waals surface area contributed by atoms with Crippen molar-refractivity contribution in [2.24, 2.45) is 0 Å². The summed E-state index contributed by atoms with van der Waals surface area (Å²) in [5.74, 6) is -0.185. The van der Waals surface area contributed by atoms with Gasteiger partial charge in [0.1, 0.15) is 5.75 Å². The molecule has 0 aliphatic carbocycles. The summed E-state index contributed by atoms with van der Waals surface area (Å²) in [7, 11) is 0. The van der Waals surface area contributed by atoms with Gasteiger partial charge in [0.15, 0.2) is 6.10 Å². The minimum atomic E-state index is -4.64. The van der Waals surface area contributed by atoms with Gasteiger partial charge in [0.2, 0.25) is 0 Å². The summed E-state index contributed by atoms with van der Waals surface area (Å²) >= 11 is 16.8. The Morgan fingerprint density at radius 2 is 1.65 bits per heavy atom. The monoisotopic (exact) mass is 382 g/mol. The Morgan fingerprint density at radius 1 is 1.04 bits per heavy atom. The average Bonchev–Trinajstić information content (AvgIpc) is 2.46. The Balaban J connectivity index is 2.34. The number of carbonyl (C=O) groups is 1. The van der Waals surface area contributed by atoms with E-state index in [4.69, 9.17) is 39.5 Å². The van der Waals surface area contributed by atoms with Gasteiger partial charge in [-0.1, -0.05) is 35.3 Å². The molecule has 2 rings (SSSR count). The number of carbonyl (C=O) groups excluding carboxylic acids is 1. The lowest BCUT2D eigenvalue weighted by Gasteiger charge is -2.17. The van der Waals surface area contributed by atoms with Crippen LogP contribution in [0, 0.1) is 0 Å². The van der Waals surface area contributed by atoms with Crippen LogP contribution in [0.15, 0.2) is 42.5 Å². The van der Waals surface area contributed by atoms with E-state index >= 15 is 0 Å². The zero-order valence-corrected chi connectivity index (χ0v) is 13.5. The third-order valence-electron chi connectivity index (χ3n) is 2.88. The summed E-state index contributed by atoms with van der Waals surface area (Å²) in [4.78, 5) is 11.5. The molecule has 0 aliphatic rings. The van der Waals surface area contributed by atoms with Gasteiger partial charge >= 0.3 is 6.18 Å². The Hall–Kier alpha value is -1.43. The van der Waals surface area contributed by atoms with Crippen LogP contribution in [0.2, 0.25) is 10.0 Å². The second-order valence-corrected chi connectivity index (χ2v) is 5.71. The van der Waals surface area contributed by atoms with E-state index in [0.717, 1.165) is 6.07 Å². The van der Waals surface area contributed by atoms with E-state index < -0.39 is 28.1 Å². The highest BCUT2D eigenvalue weighted by molar-refractivity contribution is 6.64. The van der Waals surface area contributed by atoms with Crippen molar-refractivity contribution in [2.75, 3.05) is 0 Å². The fourth-order valence-corrected chi connectivity index (χ4v) is 2.34. The van der Waals surface area contributed by atoms with Crippen LogP contribution in [0.4, 0.5) is 13.2 Å². The van der Waals surface area contributed by atoms with E-state index in [2.05, 4.69) is 0 Å². The molecule has 2 nitrogen and oxygen atoms in total. The van der Waals surface area contributed by atoms with Gasteiger partial charge < -0.3 is 4.74 Å². The van der Waals surface area contributed by atoms with E-state index in [0.29, 0.717) is 16.7 Å². The van der Waals surface area contributed by atoms with Crippen LogP contribution in [-0.4, -0.2) is 5.24 Å². The molecule has 23 heavy (non-hydrogen) atoms. The molecule has 0 saturated heterocycles. The SMILES string of the molecule is O=C(Cl)C(Oc1ccc(Cl)c(C(F)(F)F)c1)c1ccc(Cl)cc1. The van der Waals surface area contributed by atoms with Crippen molar-refractivity contribution in [1.29, 1.82) is 0 Å². The molecule has 1 atom stereocenters. The fourth-order valence-electron chi connectivity index (χ4n) is 1.81. The van der Waals surface area contributed by atoms with Crippen LogP contribution in [0.25, 0.3) is 0 Å². The first-order valence-electron chi connectivity index (χ1n) is 6.16. The summed E-state index contributed by atoms with van der Waals surface area (Å²) in [5, 5.41) is -0.915. The van der Waals surface area contributed by atoms with Gasteiger partial charge in [0, 0.05) is 10.6 Å². The van der Waals surface area contributed by atoms with Gasteiger partial charge in [0.25, 0.3) is 5.24 Å². The van der Waals surface area contributed by atoms with Crippen LogP contribution >= 0.6 is 34.8 Å². The molecule has 0 spiro atoms. The highest BCUT2D eigenvalue weighted by Gasteiger charge is 2.34. The largest absolute Gasteiger partial charge is 0.476 e. The maximum absolute atomic E-state index is 12.8. The predicted octanol–water partition coefficient (Wildman–Crippen LogP) is 5.90. The molecular formula is C15H8Cl3F3O2. The highest BCUT2D eigenvalue weighted by Crippen LogP contribution is 2.37. The molecule has 8 heteroatoms. The summed E-state index contributed by atoms with van der Waals surface area (Å²) in [6, 6.07) is 8.98. The number of ether oxygens (including phenoxy) is 1. The summed E-state index contributed by atoms with van der Waals surface area (Å²) in [6.07, 6.45) is -5.91. The van der Waals surface area contributed by atoms with Crippen molar-refractivity contribution in [3.63, 3.8) is 0 Å². The molecule has 0 radical (unpaired) electrons. The number of halogens is 6. The van der Waals surface area contributed by atoms with Crippen molar-refractivity contribution in [3.05, 3.63) is 63.6 Å². The lowest BCUT2D eigenvalue weighted by molar-refractivity contribution is -0.137. The molecule has 122 valence electrons. The Morgan fingerprint density at radius 3 is 2.17 bits per heavy atom. The molecule has 0 bridgehead atoms. The second-order valence-electron chi connectivity index (χ2n) is 4.49. The molecule has 0 saturated carbocycles. The number of alkyl halides is 3. The molecule has 0 amide bonds. The van der Waals surface area contributed by atoms with E-state index in [-0.39, 0.29) is 5.75 Å². The van der Waals surface area contributed by atoms with Gasteiger partial charge in [0.05, 0.1) is 10.6 Å². The lowest BCUT2D eigenvalue weighted by Crippen LogP contribution is -2.15. The van der Waals surface area contributed by atoms with Crippen molar-refractivity contribution in [2.45, 2.75) is 12.3 Å². The molecule has 0 aliphatic heterocycles. The Kier molecular flexibility index (Phi) is 5.45. The van der Waals surface area contributed by atoms with Gasteiger partial charge in [-0.05, 0) is 41.9 Å². The van der Waals surface area contributed by atoms with Crippen LogP contribution in [0.3, 0.4) is 0 Å². The fraction of sp³-hybridized carbons (Fsp3) is 0.133. The molecular weight excluding hydrogens is 376 g/mol. The molecule has 0 N–H and O–H groups in total. The first-order chi connectivity index (χ1) is 10.7. The average molecular weight is 384 g/mol. The molecule has 2 aromatic rings. The highest BCUT2D eigenvalue weighted by atomic mass is 35.5. The van der Waals surface area contributed by atoms with Crippen LogP contribution in [0.1, 0.15) is 17.2 Å². The molecule has 0 fully saturated rings. The number of hydrogen-bond acceptors (Lipinski definition) is 2. The van der Waals surface area contributed by atoms with E-state index in [1.54, 1.807) is 0 Å². The number of hydrogen-bond donors (Lipinski definition) is 0. The summed E-state index contributed by atoms with van der Waals surface area (Å²) < 4.78 is 43.8. The normalized spacial score (nSPS) is 12.8. The second kappa shape index (κ2) is 6.99. The first kappa shape index (κ1) is 17.9. The maximum atomic E-state index is 12.8.